The lowest BCUT2D eigenvalue weighted by Gasteiger charge is -2.18. The highest BCUT2D eigenvalue weighted by atomic mass is 32.0. The molecule has 0 aliphatic rings. The molecular weight excluding hydrogens is 402 g/mol. The van der Waals surface area contributed by atoms with Crippen LogP contribution < -0.4 is 10.0 Å². The third kappa shape index (κ3) is 4.54. The van der Waals surface area contributed by atoms with Gasteiger partial charge < -0.3 is 4.74 Å². The SMILES string of the molecule is CCCCCCPPc1ccc2ccccc2c1-c1c(OC)ccc2ccccc12. The molecule has 0 aliphatic carbocycles. The van der Waals surface area contributed by atoms with E-state index in [9.17, 15) is 0 Å². The first-order valence-corrected chi connectivity index (χ1v) is 14.1. The Morgan fingerprint density at radius 2 is 1.37 bits per heavy atom. The maximum atomic E-state index is 5.89. The van der Waals surface area contributed by atoms with Gasteiger partial charge in [-0.05, 0) is 45.5 Å². The van der Waals surface area contributed by atoms with Crippen molar-refractivity contribution in [2.45, 2.75) is 32.6 Å². The van der Waals surface area contributed by atoms with E-state index >= 15 is 0 Å². The van der Waals surface area contributed by atoms with Gasteiger partial charge in [0.25, 0.3) is 0 Å². The number of rotatable bonds is 9. The largest absolute Gasteiger partial charge is 0.496 e. The number of ether oxygens (including phenoxy) is 1. The fourth-order valence-corrected chi connectivity index (χ4v) is 7.52. The molecule has 0 saturated carbocycles. The summed E-state index contributed by atoms with van der Waals surface area (Å²) in [6.07, 6.45) is 6.75. The summed E-state index contributed by atoms with van der Waals surface area (Å²) >= 11 is 0. The normalized spacial score (nSPS) is 12.1. The van der Waals surface area contributed by atoms with E-state index in [0.29, 0.717) is 0 Å². The van der Waals surface area contributed by atoms with E-state index < -0.39 is 0 Å². The van der Waals surface area contributed by atoms with Gasteiger partial charge in [-0.1, -0.05) is 109 Å². The molecule has 0 saturated heterocycles. The van der Waals surface area contributed by atoms with Crippen molar-refractivity contribution in [3.05, 3.63) is 72.8 Å². The molecular formula is C27H30OP2. The molecule has 2 unspecified atom stereocenters. The Labute approximate surface area is 183 Å². The minimum absolute atomic E-state index is 0.845. The zero-order chi connectivity index (χ0) is 20.8. The van der Waals surface area contributed by atoms with Gasteiger partial charge in [-0.2, -0.15) is 0 Å². The first-order valence-electron chi connectivity index (χ1n) is 10.9. The van der Waals surface area contributed by atoms with E-state index in [-0.39, 0.29) is 0 Å². The third-order valence-corrected chi connectivity index (χ3v) is 9.22. The van der Waals surface area contributed by atoms with Crippen molar-refractivity contribution in [3.63, 3.8) is 0 Å². The van der Waals surface area contributed by atoms with Gasteiger partial charge in [0.2, 0.25) is 0 Å². The summed E-state index contributed by atoms with van der Waals surface area (Å²) in [6.45, 7) is 2.28. The molecule has 4 rings (SSSR count). The second kappa shape index (κ2) is 10.4. The third-order valence-electron chi connectivity index (χ3n) is 5.67. The van der Waals surface area contributed by atoms with Crippen molar-refractivity contribution in [1.82, 2.24) is 0 Å². The predicted molar refractivity (Wildman–Crippen MR) is 139 cm³/mol. The predicted octanol–water partition coefficient (Wildman–Crippen LogP) is 8.15. The van der Waals surface area contributed by atoms with Gasteiger partial charge in [-0.3, -0.25) is 0 Å². The fraction of sp³-hybridized carbons (Fsp3) is 0.259. The molecule has 3 heteroatoms. The Balaban J connectivity index is 1.82. The van der Waals surface area contributed by atoms with Crippen LogP contribution in [0.5, 0.6) is 5.75 Å². The molecule has 4 aromatic rings. The highest BCUT2D eigenvalue weighted by Gasteiger charge is 2.17. The molecule has 154 valence electrons. The molecule has 0 radical (unpaired) electrons. The molecule has 0 heterocycles. The second-order valence-corrected chi connectivity index (χ2v) is 11.1. The van der Waals surface area contributed by atoms with Crippen LogP contribution in [0.15, 0.2) is 72.8 Å². The molecule has 0 spiro atoms. The van der Waals surface area contributed by atoms with Crippen molar-refractivity contribution in [2.24, 2.45) is 0 Å². The maximum absolute atomic E-state index is 5.89. The quantitative estimate of drug-likeness (QED) is 0.192. The molecule has 0 N–H and O–H groups in total. The van der Waals surface area contributed by atoms with Crippen LogP contribution in [-0.2, 0) is 0 Å². The number of hydrogen-bond acceptors (Lipinski definition) is 1. The molecule has 0 fully saturated rings. The summed E-state index contributed by atoms with van der Waals surface area (Å²) in [5, 5.41) is 6.62. The average Bonchev–Trinajstić information content (AvgIpc) is 2.80. The number of unbranched alkanes of at least 4 members (excludes halogenated alkanes) is 3. The first kappa shape index (κ1) is 21.3. The van der Waals surface area contributed by atoms with Crippen LogP contribution in [-0.4, -0.2) is 13.3 Å². The van der Waals surface area contributed by atoms with E-state index in [1.54, 1.807) is 7.11 Å². The molecule has 1 nitrogen and oxygen atoms in total. The zero-order valence-electron chi connectivity index (χ0n) is 17.9. The summed E-state index contributed by atoms with van der Waals surface area (Å²) < 4.78 is 5.89. The minimum Gasteiger partial charge on any atom is -0.496 e. The van der Waals surface area contributed by atoms with Crippen LogP contribution in [0.25, 0.3) is 32.7 Å². The summed E-state index contributed by atoms with van der Waals surface area (Å²) in [5.41, 5.74) is 2.60. The van der Waals surface area contributed by atoms with Gasteiger partial charge in [0, 0.05) is 11.1 Å². The maximum Gasteiger partial charge on any atom is 0.127 e. The molecule has 0 aromatic heterocycles. The van der Waals surface area contributed by atoms with Crippen LogP contribution in [0.2, 0.25) is 0 Å². The van der Waals surface area contributed by atoms with Crippen LogP contribution in [0.3, 0.4) is 0 Å². The smallest absolute Gasteiger partial charge is 0.127 e. The van der Waals surface area contributed by atoms with E-state index in [1.807, 2.05) is 0 Å². The highest BCUT2D eigenvalue weighted by Crippen LogP contribution is 2.45. The molecule has 4 aromatic carbocycles. The Morgan fingerprint density at radius 1 is 0.700 bits per heavy atom. The lowest BCUT2D eigenvalue weighted by Crippen LogP contribution is -2.02. The van der Waals surface area contributed by atoms with Gasteiger partial charge in [-0.15, -0.1) is 0 Å². The molecule has 2 atom stereocenters. The first-order chi connectivity index (χ1) is 14.8. The van der Waals surface area contributed by atoms with Gasteiger partial charge >= 0.3 is 0 Å². The van der Waals surface area contributed by atoms with Gasteiger partial charge in [-0.25, -0.2) is 0 Å². The summed E-state index contributed by atoms with van der Waals surface area (Å²) in [7, 11) is 3.63. The molecule has 0 aliphatic heterocycles. The van der Waals surface area contributed by atoms with Crippen LogP contribution in [0.1, 0.15) is 32.6 Å². The van der Waals surface area contributed by atoms with Crippen molar-refractivity contribution < 1.29 is 4.74 Å². The number of benzene rings is 4. The van der Waals surface area contributed by atoms with E-state index in [0.717, 1.165) is 22.3 Å². The van der Waals surface area contributed by atoms with Crippen molar-refractivity contribution >= 4 is 43.4 Å². The number of fused-ring (bicyclic) bond motifs is 2. The van der Waals surface area contributed by atoms with Crippen molar-refractivity contribution in [1.29, 1.82) is 0 Å². The van der Waals surface area contributed by atoms with E-state index in [2.05, 4.69) is 79.7 Å². The van der Waals surface area contributed by atoms with Gasteiger partial charge in [0.1, 0.15) is 5.75 Å². The fourth-order valence-electron chi connectivity index (χ4n) is 4.12. The minimum atomic E-state index is 0.845. The molecule has 0 amide bonds. The lowest BCUT2D eigenvalue weighted by atomic mass is 9.93. The standard InChI is InChI=1S/C27H30OP2/c1-3-4-5-10-19-29-30-25-18-16-21-12-7-9-14-23(21)27(25)26-22-13-8-6-11-20(22)15-17-24(26)28-2/h6-9,11-18,29-30H,3-5,10,19H2,1-2H3. The van der Waals surface area contributed by atoms with Gasteiger partial charge in [0.05, 0.1) is 7.11 Å². The van der Waals surface area contributed by atoms with Crippen LogP contribution in [0, 0.1) is 0 Å². The summed E-state index contributed by atoms with van der Waals surface area (Å²) in [6, 6.07) is 26.4. The van der Waals surface area contributed by atoms with Crippen LogP contribution >= 0.6 is 16.5 Å². The summed E-state index contributed by atoms with van der Waals surface area (Å²) in [5.74, 6) is 0.961. The Kier molecular flexibility index (Phi) is 7.37. The van der Waals surface area contributed by atoms with E-state index in [4.69, 9.17) is 4.74 Å². The van der Waals surface area contributed by atoms with E-state index in [1.165, 1.54) is 69.8 Å². The number of hydrogen-bond donors (Lipinski definition) is 0. The lowest BCUT2D eigenvalue weighted by molar-refractivity contribution is 0.417. The monoisotopic (exact) mass is 432 g/mol. The molecule has 0 bridgehead atoms. The summed E-state index contributed by atoms with van der Waals surface area (Å²) in [4.78, 5) is 0. The Hall–Kier alpha value is -1.94. The zero-order valence-corrected chi connectivity index (χ0v) is 19.9. The Bertz CT molecular complexity index is 1140. The topological polar surface area (TPSA) is 9.23 Å². The van der Waals surface area contributed by atoms with Gasteiger partial charge in [0.15, 0.2) is 0 Å². The van der Waals surface area contributed by atoms with Crippen molar-refractivity contribution in [2.75, 3.05) is 13.3 Å². The van der Waals surface area contributed by atoms with Crippen molar-refractivity contribution in [3.8, 4) is 16.9 Å². The Morgan fingerprint density at radius 3 is 2.07 bits per heavy atom. The number of methoxy groups -OCH3 is 1. The molecule has 30 heavy (non-hydrogen) atoms. The second-order valence-electron chi connectivity index (χ2n) is 7.69. The average molecular weight is 432 g/mol. The highest BCUT2D eigenvalue weighted by molar-refractivity contribution is 8.15. The van der Waals surface area contributed by atoms with Crippen LogP contribution in [0.4, 0.5) is 0 Å².